The zero-order chi connectivity index (χ0) is 14.7. The van der Waals surface area contributed by atoms with E-state index in [1.54, 1.807) is 5.56 Å². The lowest BCUT2D eigenvalue weighted by molar-refractivity contribution is 0.258. The first-order valence-electron chi connectivity index (χ1n) is 8.61. The van der Waals surface area contributed by atoms with Gasteiger partial charge >= 0.3 is 0 Å². The minimum absolute atomic E-state index is 0.490. The first-order valence-corrected chi connectivity index (χ1v) is 8.61. The molecule has 3 nitrogen and oxygen atoms in total. The van der Waals surface area contributed by atoms with E-state index in [1.807, 2.05) is 0 Å². The minimum Gasteiger partial charge on any atom is -0.369 e. The van der Waals surface area contributed by atoms with E-state index in [0.717, 1.165) is 6.54 Å². The maximum Gasteiger partial charge on any atom is 0.0370 e. The molecule has 0 spiro atoms. The van der Waals surface area contributed by atoms with Gasteiger partial charge in [-0.05, 0) is 62.5 Å². The number of piperazine rings is 1. The van der Waals surface area contributed by atoms with Gasteiger partial charge in [-0.3, -0.25) is 4.90 Å². The Kier molecular flexibility index (Phi) is 4.81. The Labute approximate surface area is 129 Å². The number of fused-ring (bicyclic) bond motifs is 1. The van der Waals surface area contributed by atoms with Crippen LogP contribution in [0.5, 0.6) is 0 Å². The first kappa shape index (κ1) is 14.9. The van der Waals surface area contributed by atoms with Gasteiger partial charge in [-0.25, -0.2) is 0 Å². The summed E-state index contributed by atoms with van der Waals surface area (Å²) in [5, 5.41) is 3.63. The zero-order valence-electron chi connectivity index (χ0n) is 13.6. The average Bonchev–Trinajstić information content (AvgIpc) is 2.70. The Hall–Kier alpha value is -1.06. The molecule has 3 rings (SSSR count). The Morgan fingerprint density at radius 3 is 2.76 bits per heavy atom. The summed E-state index contributed by atoms with van der Waals surface area (Å²) in [7, 11) is 0. The monoisotopic (exact) mass is 287 g/mol. The fourth-order valence-electron chi connectivity index (χ4n) is 3.66. The summed E-state index contributed by atoms with van der Waals surface area (Å²) in [6.45, 7) is 11.7. The van der Waals surface area contributed by atoms with Crippen LogP contribution < -0.4 is 10.2 Å². The van der Waals surface area contributed by atoms with E-state index in [2.05, 4.69) is 47.2 Å². The van der Waals surface area contributed by atoms with Crippen molar-refractivity contribution >= 4 is 5.69 Å². The van der Waals surface area contributed by atoms with Crippen molar-refractivity contribution in [3.8, 4) is 0 Å². The summed E-state index contributed by atoms with van der Waals surface area (Å²) in [4.78, 5) is 5.15. The molecule has 116 valence electrons. The molecule has 0 radical (unpaired) electrons. The number of rotatable bonds is 3. The summed E-state index contributed by atoms with van der Waals surface area (Å²) >= 11 is 0. The summed E-state index contributed by atoms with van der Waals surface area (Å²) < 4.78 is 0. The maximum absolute atomic E-state index is 3.63. The van der Waals surface area contributed by atoms with Crippen molar-refractivity contribution in [1.82, 2.24) is 10.2 Å². The molecule has 0 unspecified atom stereocenters. The molecule has 1 saturated heterocycles. The number of hydrogen-bond acceptors (Lipinski definition) is 3. The quantitative estimate of drug-likeness (QED) is 0.922. The van der Waals surface area contributed by atoms with Crippen LogP contribution in [-0.2, 0) is 6.42 Å². The number of aryl methyl sites for hydroxylation is 1. The summed E-state index contributed by atoms with van der Waals surface area (Å²) in [5.41, 5.74) is 4.47. The van der Waals surface area contributed by atoms with E-state index in [4.69, 9.17) is 0 Å². The van der Waals surface area contributed by atoms with Gasteiger partial charge in [0.05, 0.1) is 0 Å². The van der Waals surface area contributed by atoms with Crippen molar-refractivity contribution in [1.29, 1.82) is 0 Å². The molecule has 1 fully saturated rings. The van der Waals surface area contributed by atoms with Crippen molar-refractivity contribution in [3.05, 3.63) is 29.3 Å². The van der Waals surface area contributed by atoms with E-state index in [1.165, 1.54) is 63.2 Å². The fourth-order valence-corrected chi connectivity index (χ4v) is 3.66. The Morgan fingerprint density at radius 2 is 2.00 bits per heavy atom. The summed E-state index contributed by atoms with van der Waals surface area (Å²) in [6, 6.07) is 7.64. The van der Waals surface area contributed by atoms with Gasteiger partial charge in [0, 0.05) is 37.9 Å². The van der Waals surface area contributed by atoms with Crippen molar-refractivity contribution in [2.45, 2.75) is 39.2 Å². The second-order valence-electron chi connectivity index (χ2n) is 6.49. The van der Waals surface area contributed by atoms with Gasteiger partial charge in [0.2, 0.25) is 0 Å². The lowest BCUT2D eigenvalue weighted by Gasteiger charge is -2.36. The largest absolute Gasteiger partial charge is 0.369 e. The highest BCUT2D eigenvalue weighted by atomic mass is 15.3. The molecule has 2 aliphatic rings. The highest BCUT2D eigenvalue weighted by molar-refractivity contribution is 5.52. The topological polar surface area (TPSA) is 18.5 Å². The van der Waals surface area contributed by atoms with E-state index < -0.39 is 0 Å². The molecule has 1 atom stereocenters. The molecular weight excluding hydrogens is 258 g/mol. The SMILES string of the molecule is CCCN1CCN(c2ccc3c(c2)[C@H](C)NCCC3)CC1. The molecule has 21 heavy (non-hydrogen) atoms. The Balaban J connectivity index is 1.72. The van der Waals surface area contributed by atoms with E-state index in [9.17, 15) is 0 Å². The number of nitrogens with one attached hydrogen (secondary N) is 1. The van der Waals surface area contributed by atoms with Crippen LogP contribution in [0.4, 0.5) is 5.69 Å². The zero-order valence-corrected chi connectivity index (χ0v) is 13.6. The Bertz CT molecular complexity index is 464. The Morgan fingerprint density at radius 1 is 1.19 bits per heavy atom. The third-order valence-corrected chi connectivity index (χ3v) is 4.95. The number of benzene rings is 1. The second-order valence-corrected chi connectivity index (χ2v) is 6.49. The van der Waals surface area contributed by atoms with E-state index in [-0.39, 0.29) is 0 Å². The van der Waals surface area contributed by atoms with Crippen molar-refractivity contribution < 1.29 is 0 Å². The molecule has 3 heteroatoms. The molecule has 1 aromatic carbocycles. The third-order valence-electron chi connectivity index (χ3n) is 4.95. The predicted octanol–water partition coefficient (Wildman–Crippen LogP) is 2.82. The van der Waals surface area contributed by atoms with Crippen LogP contribution in [0.3, 0.4) is 0 Å². The fraction of sp³-hybridized carbons (Fsp3) is 0.667. The highest BCUT2D eigenvalue weighted by Crippen LogP contribution is 2.28. The third kappa shape index (κ3) is 3.41. The molecule has 0 aliphatic carbocycles. The number of hydrogen-bond donors (Lipinski definition) is 1. The summed E-state index contributed by atoms with van der Waals surface area (Å²) in [5.74, 6) is 0. The van der Waals surface area contributed by atoms with Gasteiger partial charge in [0.25, 0.3) is 0 Å². The second kappa shape index (κ2) is 6.80. The van der Waals surface area contributed by atoms with Gasteiger partial charge in [-0.15, -0.1) is 0 Å². The normalized spacial score (nSPS) is 23.7. The van der Waals surface area contributed by atoms with Crippen LogP contribution in [-0.4, -0.2) is 44.2 Å². The number of nitrogens with zero attached hydrogens (tertiary/aromatic N) is 2. The van der Waals surface area contributed by atoms with E-state index in [0.29, 0.717) is 6.04 Å². The first-order chi connectivity index (χ1) is 10.3. The molecule has 0 bridgehead atoms. The van der Waals surface area contributed by atoms with Crippen molar-refractivity contribution in [2.75, 3.05) is 44.2 Å². The van der Waals surface area contributed by atoms with Crippen molar-refractivity contribution in [3.63, 3.8) is 0 Å². The predicted molar refractivity (Wildman–Crippen MR) is 90.1 cm³/mol. The molecule has 0 amide bonds. The molecular formula is C18H29N3. The van der Waals surface area contributed by atoms with Crippen molar-refractivity contribution in [2.24, 2.45) is 0 Å². The number of anilines is 1. The van der Waals surface area contributed by atoms with Crippen LogP contribution in [0.25, 0.3) is 0 Å². The molecule has 2 heterocycles. The van der Waals surface area contributed by atoms with Crippen LogP contribution in [0, 0.1) is 0 Å². The van der Waals surface area contributed by atoms with Crippen LogP contribution in [0.2, 0.25) is 0 Å². The smallest absolute Gasteiger partial charge is 0.0370 e. The average molecular weight is 287 g/mol. The van der Waals surface area contributed by atoms with Gasteiger partial charge in [0.15, 0.2) is 0 Å². The maximum atomic E-state index is 3.63. The molecule has 1 N–H and O–H groups in total. The highest BCUT2D eigenvalue weighted by Gasteiger charge is 2.19. The molecule has 0 saturated carbocycles. The van der Waals surface area contributed by atoms with Crippen LogP contribution >= 0.6 is 0 Å². The van der Waals surface area contributed by atoms with Crippen LogP contribution in [0.1, 0.15) is 43.9 Å². The lowest BCUT2D eigenvalue weighted by atomic mass is 9.98. The molecule has 1 aromatic rings. The van der Waals surface area contributed by atoms with Gasteiger partial charge < -0.3 is 10.2 Å². The van der Waals surface area contributed by atoms with Gasteiger partial charge in [0.1, 0.15) is 0 Å². The molecule has 2 aliphatic heterocycles. The molecule has 0 aromatic heterocycles. The summed E-state index contributed by atoms with van der Waals surface area (Å²) in [6.07, 6.45) is 3.74. The lowest BCUT2D eigenvalue weighted by Crippen LogP contribution is -2.46. The standard InChI is InChI=1S/C18H29N3/c1-3-9-20-10-12-21(13-11-20)17-7-6-16-5-4-8-19-15(2)18(16)14-17/h6-7,14-15,19H,3-5,8-13H2,1-2H3/t15-/m0/s1. The van der Waals surface area contributed by atoms with E-state index >= 15 is 0 Å². The van der Waals surface area contributed by atoms with Gasteiger partial charge in [-0.1, -0.05) is 13.0 Å². The van der Waals surface area contributed by atoms with Gasteiger partial charge in [-0.2, -0.15) is 0 Å². The van der Waals surface area contributed by atoms with Crippen LogP contribution in [0.15, 0.2) is 18.2 Å². The minimum atomic E-state index is 0.490.